The van der Waals surface area contributed by atoms with Crippen molar-refractivity contribution in [2.45, 2.75) is 0 Å². The Bertz CT molecular complexity index is 523. The highest BCUT2D eigenvalue weighted by atomic mass is 19.1. The normalized spacial score (nSPS) is 9.94. The average Bonchev–Trinajstić information content (AvgIpc) is 2.41. The van der Waals surface area contributed by atoms with Gasteiger partial charge in [-0.1, -0.05) is 12.1 Å². The Morgan fingerprint density at radius 2 is 1.61 bits per heavy atom. The molecule has 8 heteroatoms. The van der Waals surface area contributed by atoms with Crippen molar-refractivity contribution in [3.63, 3.8) is 0 Å². The molecule has 0 unspecified atom stereocenters. The molecule has 94 valence electrons. The number of hydrogen-bond donors (Lipinski definition) is 5. The molecule has 1 aromatic heterocycles. The summed E-state index contributed by atoms with van der Waals surface area (Å²) < 4.78 is 13.4. The molecule has 7 nitrogen and oxygen atoms in total. The molecule has 2 rings (SSSR count). The molecule has 2 aromatic rings. The number of anilines is 4. The molecule has 0 radical (unpaired) electrons. The number of nitrogens with two attached hydrogens (primary N) is 2. The van der Waals surface area contributed by atoms with E-state index in [9.17, 15) is 4.39 Å². The van der Waals surface area contributed by atoms with Gasteiger partial charge in [-0.15, -0.1) is 0 Å². The van der Waals surface area contributed by atoms with Crippen LogP contribution in [-0.4, -0.2) is 9.97 Å². The summed E-state index contributed by atoms with van der Waals surface area (Å²) in [7, 11) is 0. The number of nitrogen functional groups attached to an aromatic ring is 2. The van der Waals surface area contributed by atoms with Gasteiger partial charge in [0.2, 0.25) is 5.95 Å². The second-order valence-corrected chi connectivity index (χ2v) is 3.36. The lowest BCUT2D eigenvalue weighted by molar-refractivity contribution is 0.631. The Morgan fingerprint density at radius 3 is 2.17 bits per heavy atom. The van der Waals surface area contributed by atoms with Crippen LogP contribution in [0.3, 0.4) is 0 Å². The maximum Gasteiger partial charge on any atom is 0.231 e. The molecule has 18 heavy (non-hydrogen) atoms. The molecule has 0 saturated heterocycles. The van der Waals surface area contributed by atoms with Gasteiger partial charge in [-0.25, -0.2) is 16.1 Å². The van der Waals surface area contributed by atoms with Crippen molar-refractivity contribution in [2.75, 3.05) is 16.2 Å². The molecule has 0 aliphatic carbocycles. The molecule has 0 bridgehead atoms. The third-order valence-corrected chi connectivity index (χ3v) is 2.14. The van der Waals surface area contributed by atoms with Crippen LogP contribution < -0.4 is 27.9 Å². The minimum atomic E-state index is -0.408. The molecule has 0 fully saturated rings. The average molecular weight is 249 g/mol. The van der Waals surface area contributed by atoms with Gasteiger partial charge in [-0.05, 0) is 12.1 Å². The summed E-state index contributed by atoms with van der Waals surface area (Å²) in [5, 5.41) is 2.73. The number of para-hydroxylation sites is 1. The van der Waals surface area contributed by atoms with E-state index in [0.717, 1.165) is 0 Å². The summed E-state index contributed by atoms with van der Waals surface area (Å²) in [6, 6.07) is 7.68. The lowest BCUT2D eigenvalue weighted by Crippen LogP contribution is -2.14. The highest BCUT2D eigenvalue weighted by Gasteiger charge is 2.06. The van der Waals surface area contributed by atoms with Gasteiger partial charge in [0.15, 0.2) is 0 Å². The quantitative estimate of drug-likeness (QED) is 0.404. The first-order valence-corrected chi connectivity index (χ1v) is 5.07. The third-order valence-electron chi connectivity index (χ3n) is 2.14. The van der Waals surface area contributed by atoms with Crippen molar-refractivity contribution >= 4 is 23.3 Å². The summed E-state index contributed by atoms with van der Waals surface area (Å²) >= 11 is 0. The van der Waals surface area contributed by atoms with E-state index in [4.69, 9.17) is 11.7 Å². The van der Waals surface area contributed by atoms with Crippen LogP contribution in [0.2, 0.25) is 0 Å². The van der Waals surface area contributed by atoms with Crippen LogP contribution in [0.1, 0.15) is 0 Å². The van der Waals surface area contributed by atoms with Gasteiger partial charge in [0.05, 0.1) is 5.69 Å². The second kappa shape index (κ2) is 5.25. The number of halogens is 1. The Labute approximate surface area is 102 Å². The van der Waals surface area contributed by atoms with Gasteiger partial charge in [-0.2, -0.15) is 9.97 Å². The highest BCUT2D eigenvalue weighted by molar-refractivity contribution is 5.58. The Morgan fingerprint density at radius 1 is 1.00 bits per heavy atom. The van der Waals surface area contributed by atoms with Crippen molar-refractivity contribution in [3.8, 4) is 0 Å². The van der Waals surface area contributed by atoms with Crippen LogP contribution in [0.4, 0.5) is 27.7 Å². The molecule has 1 aromatic carbocycles. The largest absolute Gasteiger partial charge is 0.322 e. The molecule has 7 N–H and O–H groups in total. The van der Waals surface area contributed by atoms with Crippen LogP contribution in [0.15, 0.2) is 30.3 Å². The molecule has 0 amide bonds. The first-order valence-electron chi connectivity index (χ1n) is 5.07. The molecule has 1 heterocycles. The van der Waals surface area contributed by atoms with Gasteiger partial charge in [0, 0.05) is 6.07 Å². The second-order valence-electron chi connectivity index (χ2n) is 3.36. The van der Waals surface area contributed by atoms with E-state index in [1.54, 1.807) is 18.2 Å². The van der Waals surface area contributed by atoms with Gasteiger partial charge < -0.3 is 16.2 Å². The van der Waals surface area contributed by atoms with Crippen molar-refractivity contribution in [1.29, 1.82) is 0 Å². The maximum absolute atomic E-state index is 13.4. The molecule has 0 atom stereocenters. The minimum Gasteiger partial charge on any atom is -0.322 e. The van der Waals surface area contributed by atoms with Crippen molar-refractivity contribution < 1.29 is 4.39 Å². The predicted molar refractivity (Wildman–Crippen MR) is 67.3 cm³/mol. The minimum absolute atomic E-state index is 0.170. The summed E-state index contributed by atoms with van der Waals surface area (Å²) in [4.78, 5) is 8.03. The zero-order chi connectivity index (χ0) is 13.0. The van der Waals surface area contributed by atoms with Gasteiger partial charge in [0.25, 0.3) is 0 Å². The van der Waals surface area contributed by atoms with E-state index in [2.05, 4.69) is 26.1 Å². The number of hydrazine groups is 2. The van der Waals surface area contributed by atoms with Gasteiger partial charge >= 0.3 is 0 Å². The Kier molecular flexibility index (Phi) is 3.51. The molecular formula is C10H12FN7. The SMILES string of the molecule is NNc1cc(NN)nc(Nc2ccccc2F)n1. The lowest BCUT2D eigenvalue weighted by atomic mass is 10.3. The monoisotopic (exact) mass is 249 g/mol. The van der Waals surface area contributed by atoms with E-state index >= 15 is 0 Å². The summed E-state index contributed by atoms with van der Waals surface area (Å²) in [6.45, 7) is 0. The summed E-state index contributed by atoms with van der Waals surface area (Å²) in [5.74, 6) is 11.0. The Balaban J connectivity index is 2.31. The zero-order valence-corrected chi connectivity index (χ0v) is 9.31. The third kappa shape index (κ3) is 2.62. The van der Waals surface area contributed by atoms with Crippen LogP contribution in [0.5, 0.6) is 0 Å². The molecule has 0 aliphatic rings. The number of nitrogens with zero attached hydrogens (tertiary/aromatic N) is 2. The van der Waals surface area contributed by atoms with E-state index in [0.29, 0.717) is 11.6 Å². The molecule has 0 aliphatic heterocycles. The van der Waals surface area contributed by atoms with Crippen molar-refractivity contribution in [2.24, 2.45) is 11.7 Å². The highest BCUT2D eigenvalue weighted by Crippen LogP contribution is 2.19. The number of aromatic nitrogens is 2. The molecule has 0 saturated carbocycles. The fourth-order valence-electron chi connectivity index (χ4n) is 1.33. The number of rotatable bonds is 4. The standard InChI is InChI=1S/C10H12FN7/c11-6-3-1-2-4-7(6)14-10-15-8(17-12)5-9(16-10)18-13/h1-5H,12-13H2,(H3,14,15,16,17,18). The molecule has 0 spiro atoms. The maximum atomic E-state index is 13.4. The fourth-order valence-corrected chi connectivity index (χ4v) is 1.33. The first-order chi connectivity index (χ1) is 8.72. The van der Waals surface area contributed by atoms with E-state index in [-0.39, 0.29) is 11.6 Å². The van der Waals surface area contributed by atoms with Crippen LogP contribution in [-0.2, 0) is 0 Å². The zero-order valence-electron chi connectivity index (χ0n) is 9.31. The molecular weight excluding hydrogens is 237 g/mol. The van der Waals surface area contributed by atoms with E-state index in [1.165, 1.54) is 12.1 Å². The van der Waals surface area contributed by atoms with E-state index < -0.39 is 5.82 Å². The number of benzene rings is 1. The summed E-state index contributed by atoms with van der Waals surface area (Å²) in [5.41, 5.74) is 4.98. The lowest BCUT2D eigenvalue weighted by Gasteiger charge is -2.09. The number of hydrogen-bond acceptors (Lipinski definition) is 7. The van der Waals surface area contributed by atoms with Crippen LogP contribution >= 0.6 is 0 Å². The van der Waals surface area contributed by atoms with Crippen molar-refractivity contribution in [1.82, 2.24) is 9.97 Å². The van der Waals surface area contributed by atoms with Crippen molar-refractivity contribution in [3.05, 3.63) is 36.1 Å². The Hall–Kier alpha value is -2.45. The number of nitrogens with one attached hydrogen (secondary N) is 3. The van der Waals surface area contributed by atoms with E-state index in [1.807, 2.05) is 0 Å². The predicted octanol–water partition coefficient (Wildman–Crippen LogP) is 0.930. The smallest absolute Gasteiger partial charge is 0.231 e. The fraction of sp³-hybridized carbons (Fsp3) is 0. The van der Waals surface area contributed by atoms with Gasteiger partial charge in [-0.3, -0.25) is 0 Å². The first kappa shape index (κ1) is 12.0. The van der Waals surface area contributed by atoms with Crippen LogP contribution in [0.25, 0.3) is 0 Å². The topological polar surface area (TPSA) is 114 Å². The summed E-state index contributed by atoms with van der Waals surface area (Å²) in [6.07, 6.45) is 0. The van der Waals surface area contributed by atoms with Gasteiger partial charge in [0.1, 0.15) is 17.5 Å². The van der Waals surface area contributed by atoms with Crippen LogP contribution in [0, 0.1) is 5.82 Å².